The van der Waals surface area contributed by atoms with E-state index in [1.807, 2.05) is 54.6 Å². The highest BCUT2D eigenvalue weighted by atomic mass is 16.7. The zero-order chi connectivity index (χ0) is 33.9. The number of esters is 2. The van der Waals surface area contributed by atoms with Crippen LogP contribution in [0, 0.1) is 5.92 Å². The lowest BCUT2D eigenvalue weighted by Gasteiger charge is -2.44. The first-order chi connectivity index (χ1) is 23.9. The van der Waals surface area contributed by atoms with E-state index in [1.54, 1.807) is 12.4 Å². The Morgan fingerprint density at radius 1 is 0.857 bits per heavy atom. The van der Waals surface area contributed by atoms with Crippen molar-refractivity contribution in [2.45, 2.75) is 38.6 Å². The van der Waals surface area contributed by atoms with Crippen molar-refractivity contribution in [2.75, 3.05) is 37.6 Å². The van der Waals surface area contributed by atoms with E-state index in [0.29, 0.717) is 0 Å². The quantitative estimate of drug-likeness (QED) is 0.199. The summed E-state index contributed by atoms with van der Waals surface area (Å²) >= 11 is 0. The number of ether oxygens (including phenoxy) is 3. The molecule has 7 rings (SSSR count). The highest BCUT2D eigenvalue weighted by Crippen LogP contribution is 2.42. The largest absolute Gasteiger partial charge is 0.392 e. The molecule has 4 atom stereocenters. The van der Waals surface area contributed by atoms with Crippen molar-refractivity contribution >= 4 is 23.8 Å². The molecular formula is C37H37N5O7. The van der Waals surface area contributed by atoms with Crippen LogP contribution in [0.25, 0.3) is 0 Å². The summed E-state index contributed by atoms with van der Waals surface area (Å²) in [7, 11) is 0. The maximum absolute atomic E-state index is 12.8. The van der Waals surface area contributed by atoms with Gasteiger partial charge in [-0.2, -0.15) is 0 Å². The Morgan fingerprint density at radius 2 is 1.53 bits per heavy atom. The monoisotopic (exact) mass is 663 g/mol. The van der Waals surface area contributed by atoms with Gasteiger partial charge in [-0.3, -0.25) is 9.69 Å². The number of aliphatic hydroxyl groups excluding tert-OH is 1. The zero-order valence-electron chi connectivity index (χ0n) is 27.0. The third kappa shape index (κ3) is 7.08. The van der Waals surface area contributed by atoms with E-state index in [1.165, 1.54) is 18.2 Å². The van der Waals surface area contributed by atoms with Crippen LogP contribution in [-0.4, -0.2) is 76.6 Å². The van der Waals surface area contributed by atoms with Crippen LogP contribution in [0.2, 0.25) is 0 Å². The topological polar surface area (TPSA) is 143 Å². The first-order valence-electron chi connectivity index (χ1n) is 16.4. The molecule has 0 spiro atoms. The van der Waals surface area contributed by atoms with Crippen molar-refractivity contribution in [2.24, 2.45) is 5.92 Å². The number of piperazine rings is 1. The summed E-state index contributed by atoms with van der Waals surface area (Å²) in [6, 6.07) is 21.7. The molecule has 3 aliphatic heterocycles. The van der Waals surface area contributed by atoms with Crippen molar-refractivity contribution in [3.05, 3.63) is 124 Å². The molecule has 4 heterocycles. The lowest BCUT2D eigenvalue weighted by Crippen LogP contribution is -2.51. The van der Waals surface area contributed by atoms with Gasteiger partial charge in [0, 0.05) is 68.7 Å². The van der Waals surface area contributed by atoms with Crippen molar-refractivity contribution < 1.29 is 33.7 Å². The summed E-state index contributed by atoms with van der Waals surface area (Å²) in [5.74, 6) is -1.02. The number of carbonyl (C=O) groups excluding carboxylic acids is 3. The Balaban J connectivity index is 1.02. The first-order valence-corrected chi connectivity index (χ1v) is 16.4. The second-order valence-electron chi connectivity index (χ2n) is 12.5. The molecule has 252 valence electrons. The molecule has 0 aliphatic carbocycles. The van der Waals surface area contributed by atoms with E-state index >= 15 is 0 Å². The standard InChI is InChI=1S/C37H37N5O7/c1-23-31(21-41-15-17-42(18-16-41)37-38-13-2-14-39-37)47-36(48-32(23)26-7-5-25(22-43)6-8-26)27-9-3-24(4-10-27)20-40-33(44)28-11-12-29-30(19-28)35(46)49-34(29)45/h2-14,19,23,31-32,36,43H,15-18,20-22H2,1H3,(H,40,44). The van der Waals surface area contributed by atoms with E-state index < -0.39 is 18.2 Å². The van der Waals surface area contributed by atoms with Crippen molar-refractivity contribution in [3.8, 4) is 0 Å². The molecule has 0 bridgehead atoms. The number of aromatic nitrogens is 2. The van der Waals surface area contributed by atoms with Gasteiger partial charge in [-0.15, -0.1) is 0 Å². The Bertz CT molecular complexity index is 1810. The number of anilines is 1. The lowest BCUT2D eigenvalue weighted by molar-refractivity contribution is -0.276. The number of nitrogens with zero attached hydrogens (tertiary/aromatic N) is 4. The van der Waals surface area contributed by atoms with Crippen LogP contribution >= 0.6 is 0 Å². The van der Waals surface area contributed by atoms with Gasteiger partial charge in [0.25, 0.3) is 5.91 Å². The number of benzene rings is 3. The number of cyclic esters (lactones) is 2. The molecule has 3 aromatic carbocycles. The van der Waals surface area contributed by atoms with Crippen LogP contribution in [0.1, 0.15) is 72.6 Å². The second-order valence-corrected chi connectivity index (χ2v) is 12.5. The average Bonchev–Trinajstić information content (AvgIpc) is 3.44. The predicted molar refractivity (Wildman–Crippen MR) is 177 cm³/mol. The normalized spacial score (nSPS) is 22.4. The molecule has 2 fully saturated rings. The fourth-order valence-corrected chi connectivity index (χ4v) is 6.47. The van der Waals surface area contributed by atoms with Gasteiger partial charge < -0.3 is 29.5 Å². The highest BCUT2D eigenvalue weighted by Gasteiger charge is 2.39. The third-order valence-corrected chi connectivity index (χ3v) is 9.38. The third-order valence-electron chi connectivity index (χ3n) is 9.38. The van der Waals surface area contributed by atoms with Gasteiger partial charge >= 0.3 is 11.9 Å². The van der Waals surface area contributed by atoms with Gasteiger partial charge in [0.1, 0.15) is 0 Å². The van der Waals surface area contributed by atoms with E-state index in [0.717, 1.165) is 60.9 Å². The molecule has 2 N–H and O–H groups in total. The molecule has 4 aromatic rings. The van der Waals surface area contributed by atoms with Gasteiger partial charge in [-0.25, -0.2) is 19.6 Å². The molecule has 3 aliphatic rings. The van der Waals surface area contributed by atoms with Crippen LogP contribution in [0.5, 0.6) is 0 Å². The van der Waals surface area contributed by atoms with Crippen LogP contribution in [0.15, 0.2) is 85.2 Å². The Labute approximate surface area is 283 Å². The number of aliphatic hydroxyl groups is 1. The maximum atomic E-state index is 12.8. The molecule has 0 radical (unpaired) electrons. The molecular weight excluding hydrogens is 626 g/mol. The minimum Gasteiger partial charge on any atom is -0.392 e. The van der Waals surface area contributed by atoms with Crippen LogP contribution in [0.3, 0.4) is 0 Å². The SMILES string of the molecule is CC1C(CN2CCN(c3ncccn3)CC2)OC(c2ccc(CNC(=O)c3ccc4c(c3)C(=O)OC4=O)cc2)OC1c1ccc(CO)cc1. The van der Waals surface area contributed by atoms with Crippen LogP contribution in [-0.2, 0) is 27.4 Å². The number of fused-ring (bicyclic) bond motifs is 1. The number of nitrogens with one attached hydrogen (secondary N) is 1. The highest BCUT2D eigenvalue weighted by molar-refractivity contribution is 6.15. The fourth-order valence-electron chi connectivity index (χ4n) is 6.47. The Morgan fingerprint density at radius 3 is 2.24 bits per heavy atom. The van der Waals surface area contributed by atoms with Crippen LogP contribution in [0.4, 0.5) is 5.95 Å². The fraction of sp³-hybridized carbons (Fsp3) is 0.324. The zero-order valence-corrected chi connectivity index (χ0v) is 27.0. The van der Waals surface area contributed by atoms with Gasteiger partial charge in [0.15, 0.2) is 6.29 Å². The molecule has 4 unspecified atom stereocenters. The number of carbonyl (C=O) groups is 3. The lowest BCUT2D eigenvalue weighted by atomic mass is 9.90. The molecule has 1 amide bonds. The minimum atomic E-state index is -0.751. The molecule has 12 nitrogen and oxygen atoms in total. The van der Waals surface area contributed by atoms with Gasteiger partial charge in [0.05, 0.1) is 29.9 Å². The minimum absolute atomic E-state index is 0.0223. The van der Waals surface area contributed by atoms with Crippen molar-refractivity contribution in [1.82, 2.24) is 20.2 Å². The summed E-state index contributed by atoms with van der Waals surface area (Å²) in [4.78, 5) is 49.9. The summed E-state index contributed by atoms with van der Waals surface area (Å²) in [6.45, 7) is 6.51. The summed E-state index contributed by atoms with van der Waals surface area (Å²) in [6.07, 6.45) is 2.58. The van der Waals surface area contributed by atoms with Gasteiger partial charge in [-0.1, -0.05) is 55.5 Å². The predicted octanol–water partition coefficient (Wildman–Crippen LogP) is 3.82. The number of rotatable bonds is 9. The van der Waals surface area contributed by atoms with Crippen molar-refractivity contribution in [3.63, 3.8) is 0 Å². The van der Waals surface area contributed by atoms with Gasteiger partial charge in [-0.05, 0) is 41.0 Å². The molecule has 0 saturated carbocycles. The molecule has 2 saturated heterocycles. The summed E-state index contributed by atoms with van der Waals surface area (Å²) in [5, 5.41) is 12.4. The van der Waals surface area contributed by atoms with E-state index in [2.05, 4.69) is 36.7 Å². The summed E-state index contributed by atoms with van der Waals surface area (Å²) < 4.78 is 17.9. The van der Waals surface area contributed by atoms with Crippen molar-refractivity contribution in [1.29, 1.82) is 0 Å². The number of hydrogen-bond acceptors (Lipinski definition) is 11. The second kappa shape index (κ2) is 14.2. The molecule has 49 heavy (non-hydrogen) atoms. The smallest absolute Gasteiger partial charge is 0.346 e. The maximum Gasteiger partial charge on any atom is 0.346 e. The first kappa shape index (κ1) is 32.5. The van der Waals surface area contributed by atoms with E-state index in [-0.39, 0.29) is 53.9 Å². The van der Waals surface area contributed by atoms with Gasteiger partial charge in [0.2, 0.25) is 5.95 Å². The van der Waals surface area contributed by atoms with E-state index in [9.17, 15) is 19.5 Å². The number of amides is 1. The number of hydrogen-bond donors (Lipinski definition) is 2. The van der Waals surface area contributed by atoms with E-state index in [4.69, 9.17) is 9.47 Å². The molecule has 12 heteroatoms. The Kier molecular flexibility index (Phi) is 9.45. The average molecular weight is 664 g/mol. The molecule has 1 aromatic heterocycles. The summed E-state index contributed by atoms with van der Waals surface area (Å²) in [5.41, 5.74) is 4.10. The van der Waals surface area contributed by atoms with Crippen LogP contribution < -0.4 is 10.2 Å². The Hall–Kier alpha value is -5.01.